The lowest BCUT2D eigenvalue weighted by atomic mass is 9.86. The Labute approximate surface area is 225 Å². The molecule has 38 heavy (non-hydrogen) atoms. The highest BCUT2D eigenvalue weighted by molar-refractivity contribution is 5.96. The smallest absolute Gasteiger partial charge is 0.303 e. The largest absolute Gasteiger partial charge is 0.486 e. The van der Waals surface area contributed by atoms with Gasteiger partial charge < -0.3 is 9.84 Å². The van der Waals surface area contributed by atoms with Crippen molar-refractivity contribution in [2.45, 2.75) is 78.7 Å². The number of carbonyl (C=O) groups excluding carboxylic acids is 1. The summed E-state index contributed by atoms with van der Waals surface area (Å²) in [6, 6.07) is 19.0. The van der Waals surface area contributed by atoms with Gasteiger partial charge in [-0.25, -0.2) is 4.39 Å². The standard InChI is InChI=1S/C33H39FO4/c1-21(2)18-31(28-16-12-24(20-29(28)34)30(35)8-7-9-32(36)37)38-26-15-17-27(22(3)19-26)23-10-13-25(14-11-23)33(4,5)6/h10-17,19-21,31H,7-9,18H2,1-6H3,(H,36,37). The molecule has 0 aromatic heterocycles. The number of hydrogen-bond donors (Lipinski definition) is 1. The highest BCUT2D eigenvalue weighted by Gasteiger charge is 2.21. The Bertz CT molecular complexity index is 1270. The number of aliphatic carboxylic acids is 1. The van der Waals surface area contributed by atoms with Crippen LogP contribution in [0.1, 0.15) is 93.5 Å². The van der Waals surface area contributed by atoms with E-state index >= 15 is 4.39 Å². The summed E-state index contributed by atoms with van der Waals surface area (Å²) in [5.41, 5.74) is 5.35. The van der Waals surface area contributed by atoms with Gasteiger partial charge in [0.05, 0.1) is 0 Å². The Kier molecular flexibility index (Phi) is 9.48. The van der Waals surface area contributed by atoms with Crippen LogP contribution >= 0.6 is 0 Å². The summed E-state index contributed by atoms with van der Waals surface area (Å²) in [6.07, 6.45) is 0.311. The molecule has 0 saturated carbocycles. The van der Waals surface area contributed by atoms with Gasteiger partial charge in [-0.05, 0) is 71.6 Å². The summed E-state index contributed by atoms with van der Waals surface area (Å²) in [5.74, 6) is -0.781. The van der Waals surface area contributed by atoms with Gasteiger partial charge in [0.15, 0.2) is 5.78 Å². The van der Waals surface area contributed by atoms with E-state index in [0.29, 0.717) is 17.7 Å². The third-order valence-electron chi connectivity index (χ3n) is 6.69. The number of benzene rings is 3. The van der Waals surface area contributed by atoms with E-state index in [9.17, 15) is 9.59 Å². The van der Waals surface area contributed by atoms with E-state index in [0.717, 1.165) is 16.7 Å². The van der Waals surface area contributed by atoms with Crippen molar-refractivity contribution in [2.75, 3.05) is 0 Å². The molecule has 5 heteroatoms. The zero-order valence-electron chi connectivity index (χ0n) is 23.3. The average molecular weight is 519 g/mol. The molecule has 3 aromatic rings. The fourth-order valence-electron chi connectivity index (χ4n) is 4.52. The van der Waals surface area contributed by atoms with Crippen LogP contribution in [0.2, 0.25) is 0 Å². The quantitative estimate of drug-likeness (QED) is 0.258. The molecule has 0 spiro atoms. The van der Waals surface area contributed by atoms with Crippen molar-refractivity contribution in [3.63, 3.8) is 0 Å². The number of carbonyl (C=O) groups is 2. The van der Waals surface area contributed by atoms with Crippen molar-refractivity contribution in [2.24, 2.45) is 5.92 Å². The second-order valence-electron chi connectivity index (χ2n) is 11.4. The molecule has 4 nitrogen and oxygen atoms in total. The van der Waals surface area contributed by atoms with Crippen LogP contribution in [0.25, 0.3) is 11.1 Å². The van der Waals surface area contributed by atoms with Gasteiger partial charge in [0.25, 0.3) is 0 Å². The fourth-order valence-corrected chi connectivity index (χ4v) is 4.52. The molecule has 0 aliphatic carbocycles. The van der Waals surface area contributed by atoms with Crippen LogP contribution < -0.4 is 4.74 Å². The number of hydrogen-bond acceptors (Lipinski definition) is 3. The molecule has 1 atom stereocenters. The summed E-state index contributed by atoms with van der Waals surface area (Å²) < 4.78 is 21.5. The van der Waals surface area contributed by atoms with Crippen LogP contribution in [0.4, 0.5) is 4.39 Å². The third kappa shape index (κ3) is 7.77. The summed E-state index contributed by atoms with van der Waals surface area (Å²) in [4.78, 5) is 23.1. The first-order valence-corrected chi connectivity index (χ1v) is 13.3. The summed E-state index contributed by atoms with van der Waals surface area (Å²) >= 11 is 0. The van der Waals surface area contributed by atoms with Gasteiger partial charge >= 0.3 is 5.97 Å². The Hall–Kier alpha value is -3.47. The van der Waals surface area contributed by atoms with Gasteiger partial charge in [-0.2, -0.15) is 0 Å². The lowest BCUT2D eigenvalue weighted by Gasteiger charge is -2.23. The van der Waals surface area contributed by atoms with Crippen LogP contribution in [0.3, 0.4) is 0 Å². The minimum absolute atomic E-state index is 0.0710. The fraction of sp³-hybridized carbons (Fsp3) is 0.394. The molecule has 1 N–H and O–H groups in total. The molecule has 3 aromatic carbocycles. The molecule has 0 fully saturated rings. The second-order valence-corrected chi connectivity index (χ2v) is 11.4. The van der Waals surface area contributed by atoms with Crippen molar-refractivity contribution < 1.29 is 23.8 Å². The number of rotatable bonds is 11. The molecule has 0 amide bonds. The van der Waals surface area contributed by atoms with E-state index in [-0.39, 0.29) is 41.9 Å². The Morgan fingerprint density at radius 1 is 0.947 bits per heavy atom. The highest BCUT2D eigenvalue weighted by Crippen LogP contribution is 2.34. The molecule has 0 radical (unpaired) electrons. The number of Topliss-reactive ketones (excluding diaryl/α,β-unsaturated/α-hetero) is 1. The molecule has 0 saturated heterocycles. The molecular weight excluding hydrogens is 479 g/mol. The van der Waals surface area contributed by atoms with Gasteiger partial charge in [-0.1, -0.05) is 77.1 Å². The van der Waals surface area contributed by atoms with E-state index in [1.807, 2.05) is 25.1 Å². The van der Waals surface area contributed by atoms with Crippen molar-refractivity contribution >= 4 is 11.8 Å². The maximum atomic E-state index is 15.2. The Balaban J connectivity index is 1.80. The zero-order valence-corrected chi connectivity index (χ0v) is 23.3. The van der Waals surface area contributed by atoms with Crippen molar-refractivity contribution in [1.29, 1.82) is 0 Å². The summed E-state index contributed by atoms with van der Waals surface area (Å²) in [6.45, 7) is 12.8. The van der Waals surface area contributed by atoms with Gasteiger partial charge in [0, 0.05) is 24.0 Å². The lowest BCUT2D eigenvalue weighted by molar-refractivity contribution is -0.137. The Morgan fingerprint density at radius 3 is 2.18 bits per heavy atom. The van der Waals surface area contributed by atoms with E-state index in [1.54, 1.807) is 12.1 Å². The van der Waals surface area contributed by atoms with Crippen LogP contribution in [0.15, 0.2) is 60.7 Å². The van der Waals surface area contributed by atoms with Gasteiger partial charge in [0.2, 0.25) is 0 Å². The minimum atomic E-state index is -0.949. The van der Waals surface area contributed by atoms with E-state index in [2.05, 4.69) is 58.9 Å². The first-order chi connectivity index (χ1) is 17.8. The number of ketones is 1. The molecule has 0 aliphatic rings. The number of carboxylic acid groups (broad SMARTS) is 1. The topological polar surface area (TPSA) is 63.6 Å². The first-order valence-electron chi connectivity index (χ1n) is 13.3. The van der Waals surface area contributed by atoms with Gasteiger partial charge in [-0.15, -0.1) is 0 Å². The predicted molar refractivity (Wildman–Crippen MR) is 150 cm³/mol. The van der Waals surface area contributed by atoms with Crippen molar-refractivity contribution in [3.05, 3.63) is 88.7 Å². The maximum absolute atomic E-state index is 15.2. The van der Waals surface area contributed by atoms with Crippen LogP contribution in [0.5, 0.6) is 5.75 Å². The molecule has 0 bridgehead atoms. The van der Waals surface area contributed by atoms with Crippen molar-refractivity contribution in [3.8, 4) is 16.9 Å². The van der Waals surface area contributed by atoms with E-state index in [4.69, 9.17) is 9.84 Å². The first kappa shape index (κ1) is 29.1. The predicted octanol–water partition coefficient (Wildman–Crippen LogP) is 8.70. The molecule has 3 rings (SSSR count). The van der Waals surface area contributed by atoms with Crippen LogP contribution in [-0.4, -0.2) is 16.9 Å². The second kappa shape index (κ2) is 12.4. The minimum Gasteiger partial charge on any atom is -0.486 e. The molecule has 202 valence electrons. The Morgan fingerprint density at radius 2 is 1.63 bits per heavy atom. The summed E-state index contributed by atoms with van der Waals surface area (Å²) in [7, 11) is 0. The molecule has 0 aliphatic heterocycles. The average Bonchev–Trinajstić information content (AvgIpc) is 2.82. The van der Waals surface area contributed by atoms with E-state index in [1.165, 1.54) is 11.6 Å². The maximum Gasteiger partial charge on any atom is 0.303 e. The SMILES string of the molecule is Cc1cc(OC(CC(C)C)c2ccc(C(=O)CCCC(=O)O)cc2F)ccc1-c1ccc(C(C)(C)C)cc1. The zero-order chi connectivity index (χ0) is 28.0. The lowest BCUT2D eigenvalue weighted by Crippen LogP contribution is -2.13. The van der Waals surface area contributed by atoms with Crippen molar-refractivity contribution in [1.82, 2.24) is 0 Å². The van der Waals surface area contributed by atoms with Gasteiger partial charge in [-0.3, -0.25) is 9.59 Å². The number of aryl methyl sites for hydroxylation is 1. The monoisotopic (exact) mass is 518 g/mol. The van der Waals surface area contributed by atoms with Crippen LogP contribution in [-0.2, 0) is 10.2 Å². The van der Waals surface area contributed by atoms with E-state index < -0.39 is 17.9 Å². The molecule has 0 heterocycles. The molecular formula is C33H39FO4. The highest BCUT2D eigenvalue weighted by atomic mass is 19.1. The van der Waals surface area contributed by atoms with Crippen LogP contribution in [0, 0.1) is 18.7 Å². The number of carboxylic acids is 1. The third-order valence-corrected chi connectivity index (χ3v) is 6.69. The number of ether oxygens (including phenoxy) is 1. The van der Waals surface area contributed by atoms with Gasteiger partial charge in [0.1, 0.15) is 17.7 Å². The molecule has 1 unspecified atom stereocenters. The number of halogens is 1. The normalized spacial score (nSPS) is 12.4. The summed E-state index contributed by atoms with van der Waals surface area (Å²) in [5, 5.41) is 8.77.